The minimum atomic E-state index is -0.338. The maximum Gasteiger partial charge on any atom is 0.183 e. The molecule has 104 valence electrons. The first kappa shape index (κ1) is 15.4. The van der Waals surface area contributed by atoms with E-state index in [4.69, 9.17) is 18.1 Å². The van der Waals surface area contributed by atoms with Gasteiger partial charge < -0.3 is 5.32 Å². The van der Waals surface area contributed by atoms with Gasteiger partial charge in [-0.1, -0.05) is 19.3 Å². The number of hydrogen-bond donors (Lipinski definition) is 2. The second-order valence-corrected chi connectivity index (χ2v) is 6.28. The van der Waals surface area contributed by atoms with E-state index in [0.717, 1.165) is 12.8 Å². The molecule has 0 heterocycles. The Kier molecular flexibility index (Phi) is 5.53. The molecule has 1 rings (SSSR count). The van der Waals surface area contributed by atoms with Gasteiger partial charge in [0.25, 0.3) is 0 Å². The van der Waals surface area contributed by atoms with Crippen LogP contribution in [0.15, 0.2) is 0 Å². The van der Waals surface area contributed by atoms with Crippen molar-refractivity contribution < 1.29 is 4.79 Å². The van der Waals surface area contributed by atoms with Gasteiger partial charge in [-0.15, -0.1) is 0 Å². The molecule has 3 N–H and O–H groups in total. The van der Waals surface area contributed by atoms with Crippen LogP contribution < -0.4 is 11.2 Å². The van der Waals surface area contributed by atoms with Crippen LogP contribution in [0.1, 0.15) is 59.3 Å². The molecule has 1 aliphatic rings. The Labute approximate surface area is 115 Å². The van der Waals surface area contributed by atoms with Gasteiger partial charge >= 0.3 is 0 Å². The first-order chi connectivity index (χ1) is 8.32. The number of hydrazine groups is 1. The average Bonchev–Trinajstić information content (AvgIpc) is 2.26. The molecule has 0 amide bonds. The summed E-state index contributed by atoms with van der Waals surface area (Å²) in [5.41, 5.74) is -0.338. The van der Waals surface area contributed by atoms with Gasteiger partial charge in [-0.05, 0) is 45.8 Å². The van der Waals surface area contributed by atoms with Gasteiger partial charge in [0, 0.05) is 18.0 Å². The van der Waals surface area contributed by atoms with Crippen LogP contribution in [-0.4, -0.2) is 27.5 Å². The molecule has 0 saturated heterocycles. The van der Waals surface area contributed by atoms with Crippen molar-refractivity contribution in [1.82, 2.24) is 10.3 Å². The summed E-state index contributed by atoms with van der Waals surface area (Å²) in [6, 6.07) is 0.340. The van der Waals surface area contributed by atoms with Crippen molar-refractivity contribution in [2.45, 2.75) is 70.9 Å². The topological polar surface area (TPSA) is 58.4 Å². The predicted octanol–water partition coefficient (Wildman–Crippen LogP) is 2.13. The molecule has 4 nitrogen and oxygen atoms in total. The summed E-state index contributed by atoms with van der Waals surface area (Å²) in [6.45, 7) is 5.53. The standard InChI is InChI=1S/C13H25N3OS/c1-10(17)9-13(2,3)15-12(18)16(14)11-7-5-4-6-8-11/h11H,4-9,14H2,1-3H3,(H,15,18). The maximum absolute atomic E-state index is 11.2. The highest BCUT2D eigenvalue weighted by Crippen LogP contribution is 2.21. The monoisotopic (exact) mass is 271 g/mol. The molecule has 0 bridgehead atoms. The van der Waals surface area contributed by atoms with E-state index in [-0.39, 0.29) is 11.3 Å². The van der Waals surface area contributed by atoms with Crippen LogP contribution in [0.2, 0.25) is 0 Å². The zero-order chi connectivity index (χ0) is 13.8. The van der Waals surface area contributed by atoms with E-state index in [0.29, 0.717) is 17.6 Å². The second-order valence-electron chi connectivity index (χ2n) is 5.89. The van der Waals surface area contributed by atoms with E-state index in [1.807, 2.05) is 13.8 Å². The van der Waals surface area contributed by atoms with E-state index in [1.54, 1.807) is 11.9 Å². The Bertz CT molecular complexity index is 311. The zero-order valence-electron chi connectivity index (χ0n) is 11.7. The number of rotatable bonds is 4. The number of ketones is 1. The summed E-state index contributed by atoms with van der Waals surface area (Å²) >= 11 is 5.34. The van der Waals surface area contributed by atoms with Crippen LogP contribution in [0.25, 0.3) is 0 Å². The summed E-state index contributed by atoms with van der Waals surface area (Å²) in [5.74, 6) is 6.22. The molecule has 5 heteroatoms. The second kappa shape index (κ2) is 6.48. The maximum atomic E-state index is 11.2. The predicted molar refractivity (Wildman–Crippen MR) is 78.0 cm³/mol. The molecule has 18 heavy (non-hydrogen) atoms. The quantitative estimate of drug-likeness (QED) is 0.466. The lowest BCUT2D eigenvalue weighted by Gasteiger charge is -2.36. The van der Waals surface area contributed by atoms with Crippen molar-refractivity contribution >= 4 is 23.1 Å². The molecule has 0 atom stereocenters. The van der Waals surface area contributed by atoms with Crippen molar-refractivity contribution in [3.05, 3.63) is 0 Å². The SMILES string of the molecule is CC(=O)CC(C)(C)NC(=S)N(N)C1CCCCC1. The van der Waals surface area contributed by atoms with Crippen molar-refractivity contribution in [2.75, 3.05) is 0 Å². The summed E-state index contributed by atoms with van der Waals surface area (Å²) in [6.07, 6.45) is 6.39. The van der Waals surface area contributed by atoms with Crippen molar-refractivity contribution in [3.63, 3.8) is 0 Å². The van der Waals surface area contributed by atoms with Crippen LogP contribution in [0, 0.1) is 0 Å². The number of carbonyl (C=O) groups is 1. The van der Waals surface area contributed by atoms with Gasteiger partial charge in [0.1, 0.15) is 5.78 Å². The van der Waals surface area contributed by atoms with Crippen molar-refractivity contribution in [2.24, 2.45) is 5.84 Å². The number of nitrogens with zero attached hydrogens (tertiary/aromatic N) is 1. The smallest absolute Gasteiger partial charge is 0.183 e. The van der Waals surface area contributed by atoms with E-state index in [9.17, 15) is 4.79 Å². The first-order valence-corrected chi connectivity index (χ1v) is 7.08. The van der Waals surface area contributed by atoms with Crippen molar-refractivity contribution in [1.29, 1.82) is 0 Å². The molecule has 1 fully saturated rings. The van der Waals surface area contributed by atoms with Gasteiger partial charge in [-0.2, -0.15) is 0 Å². The Morgan fingerprint density at radius 1 is 1.39 bits per heavy atom. The normalized spacial score (nSPS) is 17.3. The van der Waals surface area contributed by atoms with Crippen LogP contribution >= 0.6 is 12.2 Å². The highest BCUT2D eigenvalue weighted by Gasteiger charge is 2.26. The molecule has 0 aromatic rings. The molecule has 0 aliphatic heterocycles. The van der Waals surface area contributed by atoms with Gasteiger partial charge in [-0.3, -0.25) is 9.80 Å². The van der Waals surface area contributed by atoms with Crippen molar-refractivity contribution in [3.8, 4) is 0 Å². The Morgan fingerprint density at radius 3 is 2.44 bits per heavy atom. The molecular formula is C13H25N3OS. The van der Waals surface area contributed by atoms with Crippen LogP contribution in [-0.2, 0) is 4.79 Å². The fourth-order valence-corrected chi connectivity index (χ4v) is 2.97. The third kappa shape index (κ3) is 4.90. The third-order valence-corrected chi connectivity index (χ3v) is 3.65. The largest absolute Gasteiger partial charge is 0.356 e. The molecular weight excluding hydrogens is 246 g/mol. The number of Topliss-reactive ketones (excluding diaryl/α,β-unsaturated/α-hetero) is 1. The summed E-state index contributed by atoms with van der Waals surface area (Å²) in [4.78, 5) is 11.2. The van der Waals surface area contributed by atoms with E-state index in [2.05, 4.69) is 5.32 Å². The van der Waals surface area contributed by atoms with E-state index < -0.39 is 0 Å². The van der Waals surface area contributed by atoms with Crippen LogP contribution in [0.3, 0.4) is 0 Å². The Hall–Kier alpha value is -0.680. The summed E-state index contributed by atoms with van der Waals surface area (Å²) < 4.78 is 0. The third-order valence-electron chi connectivity index (χ3n) is 3.34. The average molecular weight is 271 g/mol. The molecule has 1 saturated carbocycles. The molecule has 0 aromatic carbocycles. The lowest BCUT2D eigenvalue weighted by atomic mass is 9.95. The number of hydrogen-bond acceptors (Lipinski definition) is 3. The first-order valence-electron chi connectivity index (χ1n) is 6.67. The lowest BCUT2D eigenvalue weighted by molar-refractivity contribution is -0.118. The highest BCUT2D eigenvalue weighted by atomic mass is 32.1. The fraction of sp³-hybridized carbons (Fsp3) is 0.846. The number of nitrogens with two attached hydrogens (primary N) is 1. The zero-order valence-corrected chi connectivity index (χ0v) is 12.5. The molecule has 0 radical (unpaired) electrons. The number of nitrogens with one attached hydrogen (secondary N) is 1. The molecule has 1 aliphatic carbocycles. The van der Waals surface area contributed by atoms with E-state index in [1.165, 1.54) is 19.3 Å². The fourth-order valence-electron chi connectivity index (χ4n) is 2.55. The molecule has 0 spiro atoms. The van der Waals surface area contributed by atoms with E-state index >= 15 is 0 Å². The van der Waals surface area contributed by atoms with Crippen LogP contribution in [0.5, 0.6) is 0 Å². The van der Waals surface area contributed by atoms with Gasteiger partial charge in [0.05, 0.1) is 0 Å². The molecule has 0 unspecified atom stereocenters. The van der Waals surface area contributed by atoms with Gasteiger partial charge in [0.2, 0.25) is 0 Å². The Balaban J connectivity index is 2.50. The minimum Gasteiger partial charge on any atom is -0.356 e. The number of carbonyl (C=O) groups excluding carboxylic acids is 1. The summed E-state index contributed by atoms with van der Waals surface area (Å²) in [5, 5.41) is 5.42. The highest BCUT2D eigenvalue weighted by molar-refractivity contribution is 7.80. The Morgan fingerprint density at radius 2 is 1.94 bits per heavy atom. The minimum absolute atomic E-state index is 0.150. The number of thiocarbonyl (C=S) groups is 1. The van der Waals surface area contributed by atoms with Gasteiger partial charge in [-0.25, -0.2) is 5.84 Å². The van der Waals surface area contributed by atoms with Crippen LogP contribution in [0.4, 0.5) is 0 Å². The van der Waals surface area contributed by atoms with Gasteiger partial charge in [0.15, 0.2) is 5.11 Å². The lowest BCUT2D eigenvalue weighted by Crippen LogP contribution is -2.56. The summed E-state index contributed by atoms with van der Waals surface area (Å²) in [7, 11) is 0. The molecule has 0 aromatic heterocycles.